The molecule has 4 N–H and O–H groups in total. The van der Waals surface area contributed by atoms with E-state index < -0.39 is 69.6 Å². The van der Waals surface area contributed by atoms with Gasteiger partial charge in [-0.3, -0.25) is 18.2 Å². The zero-order chi connectivity index (χ0) is 33.6. The number of azo groups is 1. The minimum absolute atomic E-state index is 0. The molecule has 0 saturated heterocycles. The van der Waals surface area contributed by atoms with Gasteiger partial charge in [0, 0.05) is 16.1 Å². The SMILES string of the molecule is Nc1c(S(=O)(=O)[O-])cc2cc(S(=O)[O-])cc(O)c2c1N=Nc1ccc(C(=O)Nc2cccc(S(=O)(=O)CCOSOO[O-])c2)cc1.[Na+].[Na+].[Na+]. The summed E-state index contributed by atoms with van der Waals surface area (Å²) < 4.78 is 92.0. The molecule has 0 radical (unpaired) electrons. The van der Waals surface area contributed by atoms with Gasteiger partial charge < -0.3 is 30.5 Å². The summed E-state index contributed by atoms with van der Waals surface area (Å²) in [4.78, 5) is 11.4. The molecule has 244 valence electrons. The van der Waals surface area contributed by atoms with Crippen molar-refractivity contribution >= 4 is 82.8 Å². The number of phenolic OH excluding ortho intramolecular Hbond substituents is 1. The second-order valence-electron chi connectivity index (χ2n) is 8.94. The first kappa shape index (κ1) is 46.0. The van der Waals surface area contributed by atoms with Gasteiger partial charge in [0.25, 0.3) is 5.91 Å². The van der Waals surface area contributed by atoms with Crippen LogP contribution in [-0.4, -0.2) is 53.5 Å². The van der Waals surface area contributed by atoms with Gasteiger partial charge in [0.15, 0.2) is 22.2 Å². The van der Waals surface area contributed by atoms with E-state index in [9.17, 15) is 45.3 Å². The Labute approximate surface area is 352 Å². The average molecular weight is 781 g/mol. The van der Waals surface area contributed by atoms with Crippen LogP contribution in [0.15, 0.2) is 91.6 Å². The van der Waals surface area contributed by atoms with Crippen LogP contribution in [0.4, 0.5) is 22.7 Å². The maximum Gasteiger partial charge on any atom is 1.00 e. The number of benzene rings is 4. The second-order valence-corrected chi connectivity index (χ2v) is 13.8. The van der Waals surface area contributed by atoms with Crippen LogP contribution in [-0.2, 0) is 44.6 Å². The zero-order valence-corrected chi connectivity index (χ0v) is 35.0. The van der Waals surface area contributed by atoms with Crippen LogP contribution in [0.1, 0.15) is 10.4 Å². The van der Waals surface area contributed by atoms with Gasteiger partial charge in [0.1, 0.15) is 21.6 Å². The molecular weight excluding hydrogens is 762 g/mol. The standard InChI is InChI=1S/C25H22N4O13S4.3Na/c26-23-21(46(37,38)39)11-15-10-18(44(33)34)13-20(30)22(15)24(23)29-28-16-6-4-14(5-7-16)25(31)27-17-2-1-3-19(12-17)45(35,36)9-8-40-43-42-41-32;;;/h1-7,10-13,30,32H,8-9,26H2,(H,27,31)(H,33,34)(H,37,38,39);;;/q;3*+1/p-3. The molecule has 0 spiro atoms. The fourth-order valence-electron chi connectivity index (χ4n) is 3.96. The van der Waals surface area contributed by atoms with E-state index in [1.807, 2.05) is 0 Å². The number of nitrogens with two attached hydrogens (primary N) is 1. The number of nitrogens with zero attached hydrogens (tertiary/aromatic N) is 2. The van der Waals surface area contributed by atoms with Crippen LogP contribution in [0, 0.1) is 0 Å². The summed E-state index contributed by atoms with van der Waals surface area (Å²) in [6.45, 7) is -0.325. The summed E-state index contributed by atoms with van der Waals surface area (Å²) in [6, 6.07) is 13.5. The summed E-state index contributed by atoms with van der Waals surface area (Å²) in [6.07, 6.45) is 0. The second kappa shape index (κ2) is 20.3. The van der Waals surface area contributed by atoms with Gasteiger partial charge in [-0.1, -0.05) is 6.07 Å². The molecule has 4 rings (SSSR count). The Hall–Kier alpha value is -1.03. The van der Waals surface area contributed by atoms with Gasteiger partial charge in [-0.05, 0) is 77.1 Å². The summed E-state index contributed by atoms with van der Waals surface area (Å²) in [5, 5.41) is 33.4. The fraction of sp³-hybridized carbons (Fsp3) is 0.0800. The Balaban J connectivity index is 0.00000400. The molecule has 0 saturated carbocycles. The van der Waals surface area contributed by atoms with E-state index >= 15 is 0 Å². The number of anilines is 2. The Kier molecular flexibility index (Phi) is 19.0. The molecule has 0 aliphatic heterocycles. The molecule has 0 heterocycles. The van der Waals surface area contributed by atoms with E-state index in [-0.39, 0.29) is 140 Å². The first-order valence-corrected chi connectivity index (χ1v) is 17.1. The number of carbonyl (C=O) groups is 1. The molecule has 0 aliphatic carbocycles. The predicted octanol–water partition coefficient (Wildman–Crippen LogP) is -6.47. The van der Waals surface area contributed by atoms with Gasteiger partial charge in [0.2, 0.25) is 0 Å². The molecule has 1 unspecified atom stereocenters. The molecule has 24 heteroatoms. The number of sulfone groups is 1. The summed E-state index contributed by atoms with van der Waals surface area (Å²) in [5.74, 6) is -1.70. The van der Waals surface area contributed by atoms with E-state index in [0.29, 0.717) is 0 Å². The fourth-order valence-corrected chi connectivity index (χ4v) is 6.47. The number of fused-ring (bicyclic) bond motifs is 1. The number of hydrogen-bond donors (Lipinski definition) is 3. The number of nitrogen functional groups attached to an aromatic ring is 1. The third-order valence-corrected chi connectivity index (χ3v) is 9.56. The van der Waals surface area contributed by atoms with Crippen molar-refractivity contribution in [2.75, 3.05) is 23.4 Å². The zero-order valence-electron chi connectivity index (χ0n) is 25.7. The number of aromatic hydroxyl groups is 1. The molecule has 0 aliphatic rings. The average Bonchev–Trinajstić information content (AvgIpc) is 3.00. The molecule has 17 nitrogen and oxygen atoms in total. The number of carbonyl (C=O) groups excluding carboxylic acids is 1. The van der Waals surface area contributed by atoms with Crippen molar-refractivity contribution in [1.29, 1.82) is 0 Å². The molecule has 0 fully saturated rings. The van der Waals surface area contributed by atoms with Gasteiger partial charge in [-0.25, -0.2) is 16.8 Å². The van der Waals surface area contributed by atoms with Crippen molar-refractivity contribution in [3.63, 3.8) is 0 Å². The van der Waals surface area contributed by atoms with E-state index in [1.54, 1.807) is 0 Å². The molecular formula is C25H19N4Na3O13S4. The minimum Gasteiger partial charge on any atom is -0.768 e. The maximum atomic E-state index is 12.8. The Morgan fingerprint density at radius 2 is 1.67 bits per heavy atom. The number of rotatable bonds is 13. The molecule has 4 aromatic carbocycles. The largest absolute Gasteiger partial charge is 1.00 e. The number of phenols is 1. The quantitative estimate of drug-likeness (QED) is 0.0131. The van der Waals surface area contributed by atoms with Crippen molar-refractivity contribution in [2.24, 2.45) is 10.2 Å². The maximum absolute atomic E-state index is 12.8. The molecule has 0 bridgehead atoms. The van der Waals surface area contributed by atoms with Crippen LogP contribution in [0.5, 0.6) is 5.75 Å². The molecule has 1 atom stereocenters. The molecule has 4 aromatic rings. The van der Waals surface area contributed by atoms with Gasteiger partial charge >= 0.3 is 88.7 Å². The van der Waals surface area contributed by atoms with E-state index in [2.05, 4.69) is 24.9 Å². The first-order chi connectivity index (χ1) is 21.7. The predicted molar refractivity (Wildman–Crippen MR) is 158 cm³/mol. The van der Waals surface area contributed by atoms with Gasteiger partial charge in [0.05, 0.1) is 38.9 Å². The number of hydrogen-bond acceptors (Lipinski definition) is 17. The number of amides is 1. The summed E-state index contributed by atoms with van der Waals surface area (Å²) in [7, 11) is -8.98. The van der Waals surface area contributed by atoms with Crippen molar-refractivity contribution in [2.45, 2.75) is 14.7 Å². The topological polar surface area (TPSA) is 282 Å². The first-order valence-electron chi connectivity index (χ1n) is 12.3. The Morgan fingerprint density at radius 1 is 1.00 bits per heavy atom. The van der Waals surface area contributed by atoms with E-state index in [4.69, 9.17) is 9.92 Å². The Morgan fingerprint density at radius 3 is 2.29 bits per heavy atom. The third kappa shape index (κ3) is 12.3. The summed E-state index contributed by atoms with van der Waals surface area (Å²) >= 11 is -2.63. The van der Waals surface area contributed by atoms with Crippen LogP contribution in [0.25, 0.3) is 10.8 Å². The van der Waals surface area contributed by atoms with Crippen LogP contribution in [0.3, 0.4) is 0 Å². The van der Waals surface area contributed by atoms with Crippen molar-refractivity contribution in [1.82, 2.24) is 0 Å². The number of nitrogens with one attached hydrogen (secondary N) is 1. The van der Waals surface area contributed by atoms with Gasteiger partial charge in [-0.2, -0.15) is 5.11 Å². The van der Waals surface area contributed by atoms with Crippen LogP contribution >= 0.6 is 12.3 Å². The molecule has 49 heavy (non-hydrogen) atoms. The van der Waals surface area contributed by atoms with Crippen LogP contribution in [0.2, 0.25) is 0 Å². The third-order valence-electron chi connectivity index (χ3n) is 6.01. The molecule has 1 amide bonds. The molecule has 0 aromatic heterocycles. The normalized spacial score (nSPS) is 12.1. The van der Waals surface area contributed by atoms with Crippen molar-refractivity contribution in [3.05, 3.63) is 72.3 Å². The van der Waals surface area contributed by atoms with E-state index in [0.717, 1.165) is 18.2 Å². The Bertz CT molecular complexity index is 2070. The van der Waals surface area contributed by atoms with E-state index in [1.165, 1.54) is 48.5 Å². The summed E-state index contributed by atoms with van der Waals surface area (Å²) in [5.41, 5.74) is 5.25. The van der Waals surface area contributed by atoms with Crippen molar-refractivity contribution < 1.29 is 148 Å². The van der Waals surface area contributed by atoms with Crippen molar-refractivity contribution in [3.8, 4) is 5.75 Å². The minimum atomic E-state index is -5.15. The van der Waals surface area contributed by atoms with Crippen LogP contribution < -0.4 is 105 Å². The van der Waals surface area contributed by atoms with Gasteiger partial charge in [-0.15, -0.1) is 9.45 Å². The smallest absolute Gasteiger partial charge is 0.768 e. The monoisotopic (exact) mass is 780 g/mol.